The number of rotatable bonds is 4. The van der Waals surface area contributed by atoms with Crippen LogP contribution >= 0.6 is 0 Å². The zero-order valence-corrected chi connectivity index (χ0v) is 11.0. The number of hydrogen-bond donors (Lipinski definition) is 1. The second-order valence-corrected chi connectivity index (χ2v) is 4.86. The number of nitrogens with one attached hydrogen (secondary N) is 1. The molecule has 1 aliphatic rings. The number of hydrogen-bond acceptors (Lipinski definition) is 3. The summed E-state index contributed by atoms with van der Waals surface area (Å²) >= 11 is 0. The van der Waals surface area contributed by atoms with Crippen LogP contribution in [0.25, 0.3) is 0 Å². The smallest absolute Gasteiger partial charge is 0.226 e. The third kappa shape index (κ3) is 3.80. The third-order valence-corrected chi connectivity index (χ3v) is 3.48. The Kier molecular flexibility index (Phi) is 4.93. The topological polar surface area (TPSA) is 56.1 Å². The molecule has 4 heteroatoms. The molecule has 0 aliphatic carbocycles. The molecule has 0 atom stereocenters. The molecule has 1 amide bonds. The number of nitriles is 1. The van der Waals surface area contributed by atoms with Gasteiger partial charge in [0.2, 0.25) is 5.91 Å². The lowest BCUT2D eigenvalue weighted by Gasteiger charge is -2.28. The Balaban J connectivity index is 2.02. The van der Waals surface area contributed by atoms with Crippen molar-refractivity contribution in [3.05, 3.63) is 35.9 Å². The van der Waals surface area contributed by atoms with Gasteiger partial charge in [-0.1, -0.05) is 30.3 Å². The Morgan fingerprint density at radius 2 is 2.00 bits per heavy atom. The average Bonchev–Trinajstić information content (AvgIpc) is 2.48. The lowest BCUT2D eigenvalue weighted by atomic mass is 9.96. The van der Waals surface area contributed by atoms with Gasteiger partial charge in [0.25, 0.3) is 0 Å². The Morgan fingerprint density at radius 1 is 1.32 bits per heavy atom. The zero-order valence-electron chi connectivity index (χ0n) is 11.0. The molecule has 0 unspecified atom stereocenters. The van der Waals surface area contributed by atoms with E-state index in [1.54, 1.807) is 4.90 Å². The van der Waals surface area contributed by atoms with Crippen LogP contribution in [0.2, 0.25) is 0 Å². The highest BCUT2D eigenvalue weighted by Crippen LogP contribution is 2.16. The minimum Gasteiger partial charge on any atom is -0.325 e. The van der Waals surface area contributed by atoms with E-state index in [2.05, 4.69) is 11.4 Å². The summed E-state index contributed by atoms with van der Waals surface area (Å²) in [6, 6.07) is 11.9. The highest BCUT2D eigenvalue weighted by Gasteiger charge is 2.25. The van der Waals surface area contributed by atoms with Gasteiger partial charge in [-0.15, -0.1) is 0 Å². The fourth-order valence-electron chi connectivity index (χ4n) is 2.43. The molecule has 100 valence electrons. The van der Waals surface area contributed by atoms with Gasteiger partial charge in [0, 0.05) is 12.5 Å². The molecule has 0 aromatic heterocycles. The number of benzene rings is 1. The molecule has 1 N–H and O–H groups in total. The molecule has 19 heavy (non-hydrogen) atoms. The SMILES string of the molecule is N#CCN(Cc1ccccc1)C(=O)C1CCNCC1. The van der Waals surface area contributed by atoms with Crippen LogP contribution in [0, 0.1) is 17.2 Å². The largest absolute Gasteiger partial charge is 0.325 e. The van der Waals surface area contributed by atoms with Crippen molar-refractivity contribution in [1.82, 2.24) is 10.2 Å². The van der Waals surface area contributed by atoms with E-state index >= 15 is 0 Å². The van der Waals surface area contributed by atoms with Crippen LogP contribution < -0.4 is 5.32 Å². The van der Waals surface area contributed by atoms with Gasteiger partial charge < -0.3 is 10.2 Å². The summed E-state index contributed by atoms with van der Waals surface area (Å²) in [7, 11) is 0. The molecule has 4 nitrogen and oxygen atoms in total. The second kappa shape index (κ2) is 6.91. The van der Waals surface area contributed by atoms with E-state index in [1.807, 2.05) is 30.3 Å². The van der Waals surface area contributed by atoms with Crippen LogP contribution in [-0.2, 0) is 11.3 Å². The minimum atomic E-state index is 0.0679. The molecule has 1 saturated heterocycles. The third-order valence-electron chi connectivity index (χ3n) is 3.48. The number of piperidine rings is 1. The first-order valence-corrected chi connectivity index (χ1v) is 6.71. The second-order valence-electron chi connectivity index (χ2n) is 4.86. The Bertz CT molecular complexity index is 446. The van der Waals surface area contributed by atoms with Gasteiger partial charge in [-0.3, -0.25) is 4.79 Å². The number of amides is 1. The standard InChI is InChI=1S/C15H19N3O/c16-8-11-18(12-13-4-2-1-3-5-13)15(19)14-6-9-17-10-7-14/h1-5,14,17H,6-7,9-12H2. The van der Waals surface area contributed by atoms with Crippen molar-refractivity contribution in [1.29, 1.82) is 5.26 Å². The average molecular weight is 257 g/mol. The van der Waals surface area contributed by atoms with E-state index in [4.69, 9.17) is 5.26 Å². The van der Waals surface area contributed by atoms with Gasteiger partial charge in [-0.05, 0) is 31.5 Å². The lowest BCUT2D eigenvalue weighted by Crippen LogP contribution is -2.40. The van der Waals surface area contributed by atoms with E-state index < -0.39 is 0 Å². The summed E-state index contributed by atoms with van der Waals surface area (Å²) in [5.74, 6) is 0.185. The number of carbonyl (C=O) groups excluding carboxylic acids is 1. The molecule has 1 aromatic rings. The van der Waals surface area contributed by atoms with Crippen LogP contribution in [0.5, 0.6) is 0 Å². The van der Waals surface area contributed by atoms with Crippen LogP contribution in [0.15, 0.2) is 30.3 Å². The van der Waals surface area contributed by atoms with Gasteiger partial charge >= 0.3 is 0 Å². The number of nitrogens with zero attached hydrogens (tertiary/aromatic N) is 2. The molecule has 0 bridgehead atoms. The van der Waals surface area contributed by atoms with Crippen molar-refractivity contribution in [2.75, 3.05) is 19.6 Å². The molecular formula is C15H19N3O. The lowest BCUT2D eigenvalue weighted by molar-refractivity contribution is -0.136. The Labute approximate surface area is 114 Å². The van der Waals surface area contributed by atoms with Crippen molar-refractivity contribution < 1.29 is 4.79 Å². The van der Waals surface area contributed by atoms with Crippen molar-refractivity contribution >= 4 is 5.91 Å². The summed E-state index contributed by atoms with van der Waals surface area (Å²) in [6.07, 6.45) is 1.74. The number of carbonyl (C=O) groups is 1. The maximum absolute atomic E-state index is 12.4. The molecule has 0 spiro atoms. The Morgan fingerprint density at radius 3 is 2.63 bits per heavy atom. The van der Waals surface area contributed by atoms with E-state index in [0.29, 0.717) is 6.54 Å². The monoisotopic (exact) mass is 257 g/mol. The van der Waals surface area contributed by atoms with E-state index in [1.165, 1.54) is 0 Å². The summed E-state index contributed by atoms with van der Waals surface area (Å²) in [5, 5.41) is 12.2. The van der Waals surface area contributed by atoms with E-state index in [-0.39, 0.29) is 18.4 Å². The predicted octanol–water partition coefficient (Wildman–Crippen LogP) is 1.54. The van der Waals surface area contributed by atoms with Crippen molar-refractivity contribution in [2.24, 2.45) is 5.92 Å². The minimum absolute atomic E-state index is 0.0679. The van der Waals surface area contributed by atoms with Gasteiger partial charge in [-0.2, -0.15) is 5.26 Å². The highest BCUT2D eigenvalue weighted by molar-refractivity contribution is 5.79. The van der Waals surface area contributed by atoms with Crippen LogP contribution in [0.1, 0.15) is 18.4 Å². The van der Waals surface area contributed by atoms with Crippen molar-refractivity contribution in [2.45, 2.75) is 19.4 Å². The van der Waals surface area contributed by atoms with Gasteiger partial charge in [-0.25, -0.2) is 0 Å². The first kappa shape index (κ1) is 13.6. The van der Waals surface area contributed by atoms with E-state index in [0.717, 1.165) is 31.5 Å². The fourth-order valence-corrected chi connectivity index (χ4v) is 2.43. The normalized spacial score (nSPS) is 15.7. The van der Waals surface area contributed by atoms with Crippen LogP contribution in [0.3, 0.4) is 0 Å². The summed E-state index contributed by atoms with van der Waals surface area (Å²) in [6.45, 7) is 2.47. The summed E-state index contributed by atoms with van der Waals surface area (Å²) in [4.78, 5) is 14.1. The molecule has 0 saturated carbocycles. The van der Waals surface area contributed by atoms with Gasteiger partial charge in [0.05, 0.1) is 6.07 Å². The molecule has 0 radical (unpaired) electrons. The zero-order chi connectivity index (χ0) is 13.5. The molecule has 1 heterocycles. The Hall–Kier alpha value is -1.86. The first-order chi connectivity index (χ1) is 9.31. The molecule has 1 aliphatic heterocycles. The van der Waals surface area contributed by atoms with Crippen LogP contribution in [0.4, 0.5) is 0 Å². The molecule has 1 aromatic carbocycles. The fraction of sp³-hybridized carbons (Fsp3) is 0.467. The quantitative estimate of drug-likeness (QED) is 0.832. The summed E-state index contributed by atoms with van der Waals surface area (Å²) < 4.78 is 0. The maximum atomic E-state index is 12.4. The maximum Gasteiger partial charge on any atom is 0.226 e. The van der Waals surface area contributed by atoms with Gasteiger partial charge in [0.15, 0.2) is 0 Å². The summed E-state index contributed by atoms with van der Waals surface area (Å²) in [5.41, 5.74) is 1.07. The van der Waals surface area contributed by atoms with Crippen molar-refractivity contribution in [3.63, 3.8) is 0 Å². The highest BCUT2D eigenvalue weighted by atomic mass is 16.2. The molecule has 1 fully saturated rings. The predicted molar refractivity (Wildman–Crippen MR) is 73.1 cm³/mol. The van der Waals surface area contributed by atoms with Crippen LogP contribution in [-0.4, -0.2) is 30.4 Å². The molecule has 2 rings (SSSR count). The van der Waals surface area contributed by atoms with Crippen molar-refractivity contribution in [3.8, 4) is 6.07 Å². The van der Waals surface area contributed by atoms with Gasteiger partial charge in [0.1, 0.15) is 6.54 Å². The molecular weight excluding hydrogens is 238 g/mol. The first-order valence-electron chi connectivity index (χ1n) is 6.71. The van der Waals surface area contributed by atoms with E-state index in [9.17, 15) is 4.79 Å².